The summed E-state index contributed by atoms with van der Waals surface area (Å²) in [5.41, 5.74) is 12.1. The van der Waals surface area contributed by atoms with Crippen molar-refractivity contribution in [2.45, 2.75) is 108 Å². The lowest BCUT2D eigenvalue weighted by molar-refractivity contribution is -0.138. The summed E-state index contributed by atoms with van der Waals surface area (Å²) in [7, 11) is 8.02. The van der Waals surface area contributed by atoms with Crippen LogP contribution in [0.4, 0.5) is 5.82 Å². The van der Waals surface area contributed by atoms with Gasteiger partial charge in [-0.25, -0.2) is 4.79 Å². The summed E-state index contributed by atoms with van der Waals surface area (Å²) in [6, 6.07) is 46.8. The highest BCUT2D eigenvalue weighted by Crippen LogP contribution is 2.44. The summed E-state index contributed by atoms with van der Waals surface area (Å²) in [5.74, 6) is -4.87. The number of H-pyrrole nitrogens is 1. The third-order valence-electron chi connectivity index (χ3n) is 24.9. The molecule has 2 fully saturated rings. The molecule has 8 heterocycles. The zero-order chi connectivity index (χ0) is 97.5. The van der Waals surface area contributed by atoms with Crippen molar-refractivity contribution in [3.63, 3.8) is 0 Å². The average Bonchev–Trinajstić information content (AvgIpc) is 1.17. The summed E-state index contributed by atoms with van der Waals surface area (Å²) >= 11 is 0. The molecule has 0 bridgehead atoms. The molecule has 9 aromatic rings. The first-order chi connectivity index (χ1) is 65.8. The van der Waals surface area contributed by atoms with E-state index in [0.29, 0.717) is 138 Å². The number of aliphatic imine (C=N–C) groups is 1. The molecular weight excluding hydrogens is 1820 g/mol. The number of hydrogen-bond donors (Lipinski definition) is 8. The monoisotopic (exact) mass is 1940 g/mol. The summed E-state index contributed by atoms with van der Waals surface area (Å²) in [6.07, 6.45) is 0.947. The van der Waals surface area contributed by atoms with Crippen LogP contribution in [0.25, 0.3) is 21.5 Å². The number of piperidine rings is 2. The van der Waals surface area contributed by atoms with Gasteiger partial charge in [0.15, 0.2) is 5.82 Å². The molecule has 1 aromatic heterocycles. The molecule has 139 heavy (non-hydrogen) atoms. The Bertz CT molecular complexity index is 6210. The molecule has 13 amide bonds. The smallest absolute Gasteiger partial charge is 0.335 e. The van der Waals surface area contributed by atoms with Gasteiger partial charge >= 0.3 is 5.97 Å². The largest absolute Gasteiger partial charge is 0.491 e. The number of likely N-dealkylation sites (N-methyl/N-ethyl adjacent to an activating group) is 2. The number of nitrogens with one attached hydrogen (secondary N) is 6. The van der Waals surface area contributed by atoms with Crippen LogP contribution in [-0.2, 0) is 59.8 Å². The number of aromatic carboxylic acids is 1. The van der Waals surface area contributed by atoms with Crippen molar-refractivity contribution in [1.29, 1.82) is 0 Å². The van der Waals surface area contributed by atoms with Gasteiger partial charge in [0.2, 0.25) is 35.4 Å². The number of carbonyl (C=O) groups is 14. The number of amidine groups is 1. The first kappa shape index (κ1) is 104. The molecule has 8 aromatic carbocycles. The number of imide groups is 4. The number of benzene rings is 8. The van der Waals surface area contributed by atoms with Crippen LogP contribution < -0.4 is 41.8 Å². The number of nitrogens with two attached hydrogens (primary N) is 1. The predicted octanol–water partition coefficient (Wildman–Crippen LogP) is 8.39. The lowest BCUT2D eigenvalue weighted by Crippen LogP contribution is -2.57. The Hall–Kier alpha value is -13.7. The molecule has 732 valence electrons. The zero-order valence-electron chi connectivity index (χ0n) is 78.5. The third-order valence-corrected chi connectivity index (χ3v) is 24.9. The number of amides is 13. The lowest BCUT2D eigenvalue weighted by atomic mass is 9.91. The van der Waals surface area contributed by atoms with Crippen LogP contribution in [-0.4, -0.2) is 284 Å². The number of aromatic nitrogens is 2. The fourth-order valence-corrected chi connectivity index (χ4v) is 18.0. The highest BCUT2D eigenvalue weighted by Gasteiger charge is 2.49. The maximum atomic E-state index is 13.8. The molecule has 0 saturated carbocycles. The predicted molar refractivity (Wildman–Crippen MR) is 525 cm³/mol. The second kappa shape index (κ2) is 46.6. The number of carboxylic acid groups (broad SMARTS) is 1. The Labute approximate surface area is 816 Å². The molecular formula is C101H115N15O21S2. The number of carbonyl (C=O) groups excluding carboxylic acids is 13. The number of carboxylic acids is 1. The zero-order valence-corrected chi connectivity index (χ0v) is 80.5. The third kappa shape index (κ3) is 24.2. The number of nitrogens with zero attached hydrogens (tertiary/aromatic N) is 8. The highest BCUT2D eigenvalue weighted by molar-refractivity contribution is 7.59. The molecule has 0 radical (unpaired) electrons. The second-order valence-electron chi connectivity index (χ2n) is 35.5. The number of aromatic amines is 1. The van der Waals surface area contributed by atoms with Crippen LogP contribution in [0.15, 0.2) is 186 Å². The lowest BCUT2D eigenvalue weighted by Gasteiger charge is -2.35. The van der Waals surface area contributed by atoms with Gasteiger partial charge in [0.05, 0.1) is 106 Å². The first-order valence-corrected chi connectivity index (χ1v) is 45.3. The maximum absolute atomic E-state index is 13.8. The maximum Gasteiger partial charge on any atom is 0.335 e. The molecule has 7 aliphatic heterocycles. The van der Waals surface area contributed by atoms with Crippen LogP contribution in [0.5, 0.6) is 11.5 Å². The van der Waals surface area contributed by atoms with Gasteiger partial charge < -0.3 is 74.8 Å². The quantitative estimate of drug-likeness (QED) is 0.0135. The topological polar surface area (TPSA) is 461 Å². The van der Waals surface area contributed by atoms with Crippen molar-refractivity contribution < 1.29 is 101 Å². The molecule has 4 atom stereocenters. The Morgan fingerprint density at radius 3 is 1.37 bits per heavy atom. The van der Waals surface area contributed by atoms with Crippen LogP contribution in [0.2, 0.25) is 0 Å². The van der Waals surface area contributed by atoms with Gasteiger partial charge in [-0.3, -0.25) is 92.9 Å². The van der Waals surface area contributed by atoms with Crippen molar-refractivity contribution in [3.8, 4) is 11.5 Å². The molecule has 38 heteroatoms. The van der Waals surface area contributed by atoms with Gasteiger partial charge in [-0.2, -0.15) is 32.1 Å². The van der Waals surface area contributed by atoms with E-state index in [4.69, 9.17) is 39.3 Å². The van der Waals surface area contributed by atoms with Gasteiger partial charge in [-0.15, -0.1) is 0 Å². The molecule has 9 N–H and O–H groups in total. The van der Waals surface area contributed by atoms with Crippen molar-refractivity contribution in [1.82, 2.24) is 60.9 Å². The van der Waals surface area contributed by atoms with Gasteiger partial charge in [-0.05, 0) is 181 Å². The molecule has 0 aliphatic carbocycles. The van der Waals surface area contributed by atoms with E-state index in [-0.39, 0.29) is 151 Å². The molecule has 2 unspecified atom stereocenters. The van der Waals surface area contributed by atoms with E-state index in [0.717, 1.165) is 56.4 Å². The Balaban J connectivity index is 0.000000205. The highest BCUT2D eigenvalue weighted by atomic mass is 32.1. The van der Waals surface area contributed by atoms with E-state index < -0.39 is 82.3 Å². The Kier molecular flexibility index (Phi) is 35.0. The van der Waals surface area contributed by atoms with Crippen LogP contribution in [0, 0.1) is 0 Å². The van der Waals surface area contributed by atoms with E-state index in [1.807, 2.05) is 102 Å². The fourth-order valence-electron chi connectivity index (χ4n) is 18.0. The summed E-state index contributed by atoms with van der Waals surface area (Å²) in [4.78, 5) is 194. The number of rotatable bonds is 36. The van der Waals surface area contributed by atoms with Crippen molar-refractivity contribution in [3.05, 3.63) is 248 Å². The van der Waals surface area contributed by atoms with Crippen LogP contribution in [0.1, 0.15) is 183 Å². The van der Waals surface area contributed by atoms with Crippen molar-refractivity contribution in [2.24, 2.45) is 10.7 Å². The average molecular weight is 1940 g/mol. The van der Waals surface area contributed by atoms with E-state index >= 15 is 0 Å². The molecule has 16 rings (SSSR count). The van der Waals surface area contributed by atoms with Gasteiger partial charge in [-0.1, -0.05) is 84.9 Å². The Morgan fingerprint density at radius 2 is 0.921 bits per heavy atom. The molecule has 7 aliphatic rings. The Morgan fingerprint density at radius 1 is 0.496 bits per heavy atom. The number of fused-ring (bicyclic) bond motifs is 1. The van der Waals surface area contributed by atoms with Crippen LogP contribution >= 0.6 is 27.0 Å². The van der Waals surface area contributed by atoms with Crippen LogP contribution in [0.3, 0.4) is 0 Å². The van der Waals surface area contributed by atoms with Gasteiger partial charge in [0.1, 0.15) is 42.6 Å². The minimum atomic E-state index is -1.09. The van der Waals surface area contributed by atoms with Crippen molar-refractivity contribution in [2.75, 3.05) is 139 Å². The van der Waals surface area contributed by atoms with E-state index in [1.165, 1.54) is 24.3 Å². The normalized spacial score (nSPS) is 16.9. The summed E-state index contributed by atoms with van der Waals surface area (Å²) < 4.78 is 33.6. The van der Waals surface area contributed by atoms with E-state index in [9.17, 15) is 67.1 Å². The number of anilines is 1. The molecule has 2 saturated heterocycles. The minimum absolute atomic E-state index is 0. The SMILES string of the molecule is CN(C)C[C@@H](CC(=O)N1CC2=C(CN=C2NC(=O)c2ccc(C(=O)O)cc2)C1(C)C)c1ccccc1.CN(C)C[C@@H](CC(=O)N1Cc2c(NC(=O)c3ccc(C(=O)NCCOCCOCCOc4cc5c6c(cccc6c4)C(=O)N(C4CCC(=O)NC4=O)C5=O)cc3)n[nH]c2C1(C)C)c1ccccc1.NCCOCCOCCOc1cc2c3c(cccc3c1)C(=O)N(C1CCC(=O)NC1=O)C2=O.S.S. The van der Waals surface area contributed by atoms with E-state index in [2.05, 4.69) is 75.8 Å². The second-order valence-corrected chi connectivity index (χ2v) is 35.5. The standard InChI is InChI=1S/C50H54N8O10.C28H32N4O4.C23H25N3O7.2H2S/c1-50(2)43-38(29-57(50)41(60)26-34(28-56(3)4)30-9-6-5-7-10-30)44(55-54-43)53-46(62)32-15-13-31(14-16-32)45(61)51-19-20-66-21-22-67-23-24-68-35-25-33-11-8-12-36-42(33)37(27-35)49(65)58(48(36)64)39-17-18-40(59)52-47(39)63;1-28(2)23-15-29-25(30-26(34)19-10-12-20(13-11-19)27(35)36)22(23)17-32(28)24(33)14-21(16-31(3)4)18-8-6-5-7-9-18;24-6-7-31-8-9-32-10-11-33-15-12-14-2-1-3-16-20(14)17(13-15)23(30)26(22(16)29)18-4-5-19(27)25-21(18)28;;/h5-16,25,27,34,39H,17-24,26,28-29H2,1-4H3,(H,51,61)(H,52,59,63)(H2,53,54,55,62);5-13,21H,14-17H2,1-4H3,(H,35,36)(H,29,30,34);1-3,12-13,18H,4-11,24H2,(H,25,27,28);2*1H2/t34-,39?;21-;;;/m11.../s1. The summed E-state index contributed by atoms with van der Waals surface area (Å²) in [6.45, 7) is 14.3. The van der Waals surface area contributed by atoms with Gasteiger partial charge in [0, 0.05) is 113 Å². The first-order valence-electron chi connectivity index (χ1n) is 45.3. The number of hydrogen-bond acceptors (Lipinski definition) is 25. The molecule has 0 spiro atoms. The number of ether oxygens (including phenoxy) is 6. The summed E-state index contributed by atoms with van der Waals surface area (Å²) in [5, 5.41) is 31.8. The van der Waals surface area contributed by atoms with Gasteiger partial charge in [0.25, 0.3) is 41.4 Å². The minimum Gasteiger partial charge on any atom is -0.491 e. The fraction of sp³-hybridized carbons (Fsp3) is 0.366. The van der Waals surface area contributed by atoms with E-state index in [1.54, 1.807) is 84.9 Å². The molecule has 36 nitrogen and oxygen atoms in total. The van der Waals surface area contributed by atoms with Crippen molar-refractivity contribution >= 4 is 143 Å².